The van der Waals surface area contributed by atoms with Crippen molar-refractivity contribution in [2.45, 2.75) is 39.2 Å². The number of piperidine rings is 1. The zero-order valence-electron chi connectivity index (χ0n) is 22.5. The Bertz CT molecular complexity index is 1250. The molecule has 0 bridgehead atoms. The van der Waals surface area contributed by atoms with Gasteiger partial charge in [0.25, 0.3) is 0 Å². The van der Waals surface area contributed by atoms with Gasteiger partial charge in [0, 0.05) is 63.1 Å². The normalized spacial score (nSPS) is 20.5. The third-order valence-electron chi connectivity index (χ3n) is 7.51. The monoisotopic (exact) mass is 554 g/mol. The first-order chi connectivity index (χ1) is 19.0. The summed E-state index contributed by atoms with van der Waals surface area (Å²) < 4.78 is 20.1. The molecule has 0 saturated carbocycles. The zero-order chi connectivity index (χ0) is 27.4. The van der Waals surface area contributed by atoms with Crippen LogP contribution in [0.1, 0.15) is 48.4 Å². The Labute approximate surface area is 232 Å². The molecule has 3 aliphatic rings. The molecule has 1 N–H and O–H groups in total. The number of hydrogen-bond donors (Lipinski definition) is 1. The predicted molar refractivity (Wildman–Crippen MR) is 148 cm³/mol. The molecule has 11 heteroatoms. The molecule has 2 aromatic rings. The van der Waals surface area contributed by atoms with E-state index in [1.54, 1.807) is 32.2 Å². The fourth-order valence-corrected chi connectivity index (χ4v) is 5.96. The van der Waals surface area contributed by atoms with E-state index in [9.17, 15) is 14.0 Å². The largest absolute Gasteiger partial charge is 0.463 e. The van der Waals surface area contributed by atoms with Crippen LogP contribution in [0.5, 0.6) is 0 Å². The number of aliphatic imine (C=N–C) groups is 1. The number of nitrogens with one attached hydrogen (secondary N) is 1. The van der Waals surface area contributed by atoms with Crippen LogP contribution >= 0.6 is 11.3 Å². The Hall–Kier alpha value is -3.31. The molecule has 1 aromatic heterocycles. The number of esters is 1. The van der Waals surface area contributed by atoms with E-state index in [1.807, 2.05) is 15.2 Å². The highest BCUT2D eigenvalue weighted by atomic mass is 32.1. The Morgan fingerprint density at radius 1 is 1.10 bits per heavy atom. The number of carbonyl (C=O) groups excluding carboxylic acids is 2. The fraction of sp³-hybridized carbons (Fsp3) is 0.500. The van der Waals surface area contributed by atoms with Crippen molar-refractivity contribution in [1.29, 1.82) is 0 Å². The summed E-state index contributed by atoms with van der Waals surface area (Å²) in [7, 11) is 0. The van der Waals surface area contributed by atoms with E-state index in [2.05, 4.69) is 15.2 Å². The molecule has 9 nitrogen and oxygen atoms in total. The van der Waals surface area contributed by atoms with Gasteiger partial charge >= 0.3 is 12.0 Å². The van der Waals surface area contributed by atoms with Crippen molar-refractivity contribution < 1.29 is 18.7 Å². The summed E-state index contributed by atoms with van der Waals surface area (Å²) in [4.78, 5) is 41.8. The van der Waals surface area contributed by atoms with Crippen LogP contribution in [-0.2, 0) is 9.53 Å². The zero-order valence-corrected chi connectivity index (χ0v) is 23.3. The molecule has 39 heavy (non-hydrogen) atoms. The summed E-state index contributed by atoms with van der Waals surface area (Å²) in [5, 5.41) is 5.92. The number of ether oxygens (including phenoxy) is 1. The van der Waals surface area contributed by atoms with Crippen molar-refractivity contribution in [3.05, 3.63) is 63.0 Å². The maximum absolute atomic E-state index is 14.6. The number of nitrogens with zero attached hydrogens (tertiary/aromatic N) is 5. The summed E-state index contributed by atoms with van der Waals surface area (Å²) in [6, 6.07) is 4.23. The summed E-state index contributed by atoms with van der Waals surface area (Å²) in [5.74, 6) is -0.286. The third kappa shape index (κ3) is 5.99. The molecule has 0 aliphatic carbocycles. The number of amidine groups is 1. The van der Waals surface area contributed by atoms with Gasteiger partial charge in [0.2, 0.25) is 0 Å². The minimum absolute atomic E-state index is 0.122. The summed E-state index contributed by atoms with van der Waals surface area (Å²) >= 11 is 1.44. The smallest absolute Gasteiger partial charge is 0.338 e. The number of amides is 2. The maximum Gasteiger partial charge on any atom is 0.338 e. The van der Waals surface area contributed by atoms with E-state index in [0.29, 0.717) is 66.0 Å². The molecule has 208 valence electrons. The van der Waals surface area contributed by atoms with Gasteiger partial charge in [-0.15, -0.1) is 11.3 Å². The first-order valence-corrected chi connectivity index (χ1v) is 14.5. The molecule has 0 radical (unpaired) electrons. The van der Waals surface area contributed by atoms with E-state index in [1.165, 1.54) is 23.8 Å². The highest BCUT2D eigenvalue weighted by Gasteiger charge is 2.35. The molecule has 1 atom stereocenters. The van der Waals surface area contributed by atoms with Gasteiger partial charge in [-0.1, -0.05) is 12.1 Å². The topological polar surface area (TPSA) is 90.4 Å². The summed E-state index contributed by atoms with van der Waals surface area (Å²) in [5.41, 5.74) is 2.09. The average molecular weight is 555 g/mol. The highest BCUT2D eigenvalue weighted by molar-refractivity contribution is 7.11. The lowest BCUT2D eigenvalue weighted by Gasteiger charge is -2.39. The van der Waals surface area contributed by atoms with Gasteiger partial charge in [-0.05, 0) is 50.3 Å². The number of thiazole rings is 1. The van der Waals surface area contributed by atoms with Crippen molar-refractivity contribution in [1.82, 2.24) is 25.0 Å². The number of hydrogen-bond acceptors (Lipinski definition) is 8. The Kier molecular flexibility index (Phi) is 8.56. The molecule has 5 rings (SSSR count). The maximum atomic E-state index is 14.6. The van der Waals surface area contributed by atoms with E-state index in [0.717, 1.165) is 25.9 Å². The third-order valence-corrected chi connectivity index (χ3v) is 8.29. The summed E-state index contributed by atoms with van der Waals surface area (Å²) in [6.45, 7) is 8.37. The standard InChI is InChI=1S/C28H35FN6O3S/c1-3-38-27(36)23-22(18-33-13-15-35(16-14-33)28(37)34-11-5-4-6-12-34)31-25(26-30-10-17-39-26)32-24(23)20-8-7-9-21(29)19(20)2/h7-10,17,24H,3-6,11-16,18H2,1-2H3,(H,31,32)/t24-/m0/s1. The Balaban J connectivity index is 1.42. The molecule has 3 aliphatic heterocycles. The van der Waals surface area contributed by atoms with Crippen molar-refractivity contribution in [3.8, 4) is 0 Å². The number of piperazine rings is 1. The number of aromatic nitrogens is 1. The molecule has 4 heterocycles. The van der Waals surface area contributed by atoms with Gasteiger partial charge in [0.1, 0.15) is 11.9 Å². The molecule has 0 spiro atoms. The number of rotatable bonds is 6. The van der Waals surface area contributed by atoms with Gasteiger partial charge in [-0.25, -0.2) is 19.0 Å². The predicted octanol–water partition coefficient (Wildman–Crippen LogP) is 3.72. The lowest BCUT2D eigenvalue weighted by Crippen LogP contribution is -2.54. The second-order valence-corrected chi connectivity index (χ2v) is 10.9. The number of likely N-dealkylation sites (tertiary alicyclic amines) is 1. The van der Waals surface area contributed by atoms with Crippen LogP contribution in [0.25, 0.3) is 0 Å². The minimum Gasteiger partial charge on any atom is -0.463 e. The molecule has 2 amide bonds. The van der Waals surface area contributed by atoms with E-state index < -0.39 is 12.0 Å². The average Bonchev–Trinajstić information content (AvgIpc) is 3.50. The molecule has 2 saturated heterocycles. The van der Waals surface area contributed by atoms with Crippen LogP contribution in [0.3, 0.4) is 0 Å². The van der Waals surface area contributed by atoms with Crippen LogP contribution in [0, 0.1) is 12.7 Å². The number of benzene rings is 1. The molecule has 2 fully saturated rings. The lowest BCUT2D eigenvalue weighted by atomic mass is 9.92. The van der Waals surface area contributed by atoms with E-state index in [-0.39, 0.29) is 18.5 Å². The number of halogens is 1. The molecular weight excluding hydrogens is 519 g/mol. The summed E-state index contributed by atoms with van der Waals surface area (Å²) in [6.07, 6.45) is 5.02. The van der Waals surface area contributed by atoms with Gasteiger partial charge in [0.05, 0.1) is 12.2 Å². The van der Waals surface area contributed by atoms with Crippen LogP contribution in [0.15, 0.2) is 46.0 Å². The van der Waals surface area contributed by atoms with Crippen molar-refractivity contribution in [2.24, 2.45) is 4.99 Å². The van der Waals surface area contributed by atoms with Crippen molar-refractivity contribution in [3.63, 3.8) is 0 Å². The SMILES string of the molecule is CCOC(=O)C1=C(CN2CCN(C(=O)N3CCCCC3)CC2)NC(c2nccs2)=N[C@H]1c1cccc(F)c1C. The first kappa shape index (κ1) is 27.3. The molecule has 1 aromatic carbocycles. The minimum atomic E-state index is -0.739. The lowest BCUT2D eigenvalue weighted by molar-refractivity contribution is -0.139. The van der Waals surface area contributed by atoms with Crippen LogP contribution < -0.4 is 5.32 Å². The highest BCUT2D eigenvalue weighted by Crippen LogP contribution is 2.35. The Morgan fingerprint density at radius 3 is 2.54 bits per heavy atom. The second-order valence-electron chi connectivity index (χ2n) is 10.0. The van der Waals surface area contributed by atoms with Crippen molar-refractivity contribution >= 4 is 29.2 Å². The van der Waals surface area contributed by atoms with Gasteiger partial charge < -0.3 is 19.9 Å². The van der Waals surface area contributed by atoms with Gasteiger partial charge in [0.15, 0.2) is 10.8 Å². The quantitative estimate of drug-likeness (QED) is 0.548. The van der Waals surface area contributed by atoms with Crippen LogP contribution in [-0.4, -0.2) is 89.9 Å². The molecular formula is C28H35FN6O3S. The van der Waals surface area contributed by atoms with Crippen LogP contribution in [0.4, 0.5) is 9.18 Å². The van der Waals surface area contributed by atoms with Crippen molar-refractivity contribution in [2.75, 3.05) is 52.4 Å². The van der Waals surface area contributed by atoms with E-state index in [4.69, 9.17) is 9.73 Å². The van der Waals surface area contributed by atoms with Gasteiger partial charge in [-0.2, -0.15) is 0 Å². The number of urea groups is 1. The second kappa shape index (κ2) is 12.3. The van der Waals surface area contributed by atoms with Gasteiger partial charge in [-0.3, -0.25) is 9.89 Å². The first-order valence-electron chi connectivity index (χ1n) is 13.6. The molecule has 0 unspecified atom stereocenters. The Morgan fingerprint density at radius 2 is 1.85 bits per heavy atom. The van der Waals surface area contributed by atoms with Crippen LogP contribution in [0.2, 0.25) is 0 Å². The van der Waals surface area contributed by atoms with E-state index >= 15 is 0 Å². The number of carbonyl (C=O) groups is 2. The fourth-order valence-electron chi connectivity index (χ4n) is 5.37.